The number of primary amides is 1. The molecule has 0 saturated carbocycles. The third-order valence-electron chi connectivity index (χ3n) is 7.16. The number of rotatable bonds is 19. The summed E-state index contributed by atoms with van der Waals surface area (Å²) in [5, 5.41) is 29.5. The van der Waals surface area contributed by atoms with Crippen LogP contribution >= 0.6 is 11.3 Å². The van der Waals surface area contributed by atoms with Gasteiger partial charge in [0.25, 0.3) is 0 Å². The molecule has 0 aromatic carbocycles. The van der Waals surface area contributed by atoms with Crippen molar-refractivity contribution in [3.05, 3.63) is 16.6 Å². The smallest absolute Gasteiger partial charge is 0.246 e. The summed E-state index contributed by atoms with van der Waals surface area (Å²) in [5.41, 5.74) is 15.9. The molecule has 0 bridgehead atoms. The fraction of sp³-hybridized carbons (Fsp3) is 0.593. The van der Waals surface area contributed by atoms with Crippen LogP contribution in [0.3, 0.4) is 0 Å². The molecule has 1 aromatic rings. The van der Waals surface area contributed by atoms with Crippen LogP contribution in [-0.4, -0.2) is 100 Å². The van der Waals surface area contributed by atoms with Crippen LogP contribution in [0.2, 0.25) is 0 Å². The maximum absolute atomic E-state index is 13.7. The Balaban J connectivity index is 2.19. The van der Waals surface area contributed by atoms with Crippen molar-refractivity contribution in [2.45, 2.75) is 89.0 Å². The Labute approximate surface area is 270 Å². The van der Waals surface area contributed by atoms with Crippen LogP contribution in [0, 0.1) is 10.8 Å². The molecule has 1 aromatic heterocycles. The van der Waals surface area contributed by atoms with Gasteiger partial charge in [0.2, 0.25) is 35.3 Å². The van der Waals surface area contributed by atoms with Crippen molar-refractivity contribution in [1.82, 2.24) is 36.5 Å². The molecule has 0 aliphatic carbocycles. The van der Waals surface area contributed by atoms with Crippen molar-refractivity contribution in [3.63, 3.8) is 0 Å². The van der Waals surface area contributed by atoms with E-state index in [1.807, 2.05) is 0 Å². The molecule has 2 rings (SSSR count). The van der Waals surface area contributed by atoms with Gasteiger partial charge in [0, 0.05) is 44.1 Å². The Kier molecular flexibility index (Phi) is 14.8. The number of nitrogens with zero attached hydrogens (tertiary/aromatic N) is 2. The SMILES string of the molecule is CC(=O)N[C@@H](CCCNC(=N)N)C(=O)N[C@@H](CCC(N)=O)C(=O)N[C@H]1CC(C)N([C@@H](CCCNC(=N)N)C(=O)c2nccs2)C1=O. The first-order chi connectivity index (χ1) is 21.7. The van der Waals surface area contributed by atoms with E-state index < -0.39 is 59.7 Å². The summed E-state index contributed by atoms with van der Waals surface area (Å²) >= 11 is 1.15. The number of carbonyl (C=O) groups excluding carboxylic acids is 6. The van der Waals surface area contributed by atoms with Crippen molar-refractivity contribution >= 4 is 58.6 Å². The number of aromatic nitrogens is 1. The molecule has 19 heteroatoms. The van der Waals surface area contributed by atoms with Gasteiger partial charge in [-0.25, -0.2) is 4.98 Å². The molecule has 1 aliphatic heterocycles. The van der Waals surface area contributed by atoms with Gasteiger partial charge >= 0.3 is 0 Å². The summed E-state index contributed by atoms with van der Waals surface area (Å²) in [6, 6.07) is -4.66. The molecular weight excluding hydrogens is 620 g/mol. The third kappa shape index (κ3) is 11.9. The maximum Gasteiger partial charge on any atom is 0.246 e. The minimum atomic E-state index is -1.27. The number of nitrogens with one attached hydrogen (secondary N) is 7. The van der Waals surface area contributed by atoms with E-state index in [9.17, 15) is 28.8 Å². The fourth-order valence-corrected chi connectivity index (χ4v) is 5.70. The number of likely N-dealkylation sites (tertiary alicyclic amines) is 1. The zero-order valence-electron chi connectivity index (χ0n) is 25.9. The first-order valence-electron chi connectivity index (χ1n) is 14.8. The third-order valence-corrected chi connectivity index (χ3v) is 7.95. The predicted octanol–water partition coefficient (Wildman–Crippen LogP) is -2.42. The standard InChI is InChI=1S/C27H44N12O6S/c1-14-13-18(25(45)39(14)19(6-4-10-35-27(31)32)21(42)24-33-11-12-46-24)38-23(44)17(7-8-20(28)41)37-22(43)16(36-15(2)40)5-3-9-34-26(29)30/h11-12,14,16-19H,3-10,13H2,1-2H3,(H2,28,41)(H,36,40)(H,37,43)(H,38,44)(H4,29,30,34)(H4,31,32,35)/t14?,16-,17-,18-,19-/m0/s1. The summed E-state index contributed by atoms with van der Waals surface area (Å²) in [6.45, 7) is 3.56. The normalized spacial score (nSPS) is 17.7. The van der Waals surface area contributed by atoms with Crippen molar-refractivity contribution in [2.24, 2.45) is 17.2 Å². The number of carbonyl (C=O) groups is 6. The first-order valence-corrected chi connectivity index (χ1v) is 15.7. The quantitative estimate of drug-likeness (QED) is 0.0321. The minimum absolute atomic E-state index is 0.153. The van der Waals surface area contributed by atoms with Crippen LogP contribution in [0.5, 0.6) is 0 Å². The van der Waals surface area contributed by atoms with Crippen LogP contribution in [0.4, 0.5) is 0 Å². The average Bonchev–Trinajstić information content (AvgIpc) is 3.60. The Morgan fingerprint density at radius 1 is 0.978 bits per heavy atom. The van der Waals surface area contributed by atoms with Gasteiger partial charge in [-0.2, -0.15) is 0 Å². The first kappa shape index (κ1) is 37.4. The molecular formula is C27H44N12O6S. The monoisotopic (exact) mass is 664 g/mol. The van der Waals surface area contributed by atoms with E-state index in [4.69, 9.17) is 28.0 Å². The lowest BCUT2D eigenvalue weighted by molar-refractivity contribution is -0.136. The second-order valence-corrected chi connectivity index (χ2v) is 11.8. The number of thiazole rings is 1. The van der Waals surface area contributed by atoms with E-state index in [0.29, 0.717) is 19.4 Å². The Morgan fingerprint density at radius 2 is 1.59 bits per heavy atom. The van der Waals surface area contributed by atoms with Crippen LogP contribution < -0.4 is 43.8 Å². The lowest BCUT2D eigenvalue weighted by atomic mass is 10.0. The zero-order valence-corrected chi connectivity index (χ0v) is 26.7. The molecule has 1 aliphatic rings. The second kappa shape index (κ2) is 18.2. The highest BCUT2D eigenvalue weighted by Crippen LogP contribution is 2.27. The largest absolute Gasteiger partial charge is 0.370 e. The van der Waals surface area contributed by atoms with Crippen molar-refractivity contribution in [1.29, 1.82) is 10.8 Å². The van der Waals surface area contributed by atoms with E-state index in [-0.39, 0.29) is 61.4 Å². The van der Waals surface area contributed by atoms with E-state index in [1.54, 1.807) is 12.3 Å². The molecule has 254 valence electrons. The fourth-order valence-electron chi connectivity index (χ4n) is 5.08. The molecule has 0 spiro atoms. The lowest BCUT2D eigenvalue weighted by Gasteiger charge is -2.30. The number of ketones is 1. The molecule has 18 nitrogen and oxygen atoms in total. The zero-order chi connectivity index (χ0) is 34.4. The molecule has 0 radical (unpaired) electrons. The van der Waals surface area contributed by atoms with Gasteiger partial charge in [-0.3, -0.25) is 39.6 Å². The molecule has 46 heavy (non-hydrogen) atoms. The second-order valence-electron chi connectivity index (χ2n) is 10.9. The molecule has 13 N–H and O–H groups in total. The Hall–Kier alpha value is -4.81. The van der Waals surface area contributed by atoms with E-state index in [1.165, 1.54) is 18.0 Å². The number of Topliss-reactive ketones (excluding diaryl/α,β-unsaturated/α-hetero) is 1. The highest BCUT2D eigenvalue weighted by molar-refractivity contribution is 7.11. The van der Waals surface area contributed by atoms with Gasteiger partial charge < -0.3 is 48.7 Å². The number of hydrogen-bond donors (Lipinski definition) is 10. The van der Waals surface area contributed by atoms with E-state index in [2.05, 4.69) is 31.6 Å². The van der Waals surface area contributed by atoms with Crippen LogP contribution in [-0.2, 0) is 24.0 Å². The minimum Gasteiger partial charge on any atom is -0.370 e. The predicted molar refractivity (Wildman–Crippen MR) is 169 cm³/mol. The van der Waals surface area contributed by atoms with Gasteiger partial charge in [-0.15, -0.1) is 11.3 Å². The maximum atomic E-state index is 13.7. The number of hydrogen-bond acceptors (Lipinski definition) is 10. The molecule has 1 saturated heterocycles. The van der Waals surface area contributed by atoms with Gasteiger partial charge in [0.05, 0.1) is 6.04 Å². The summed E-state index contributed by atoms with van der Waals surface area (Å²) in [4.78, 5) is 82.6. The summed E-state index contributed by atoms with van der Waals surface area (Å²) in [7, 11) is 0. The number of amides is 5. The van der Waals surface area contributed by atoms with Crippen molar-refractivity contribution in [3.8, 4) is 0 Å². The highest BCUT2D eigenvalue weighted by atomic mass is 32.1. The summed E-state index contributed by atoms with van der Waals surface area (Å²) in [6.07, 6.45) is 2.42. The lowest BCUT2D eigenvalue weighted by Crippen LogP contribution is -2.56. The van der Waals surface area contributed by atoms with E-state index >= 15 is 0 Å². The molecule has 5 amide bonds. The van der Waals surface area contributed by atoms with Gasteiger partial charge in [-0.1, -0.05) is 0 Å². The van der Waals surface area contributed by atoms with Crippen molar-refractivity contribution in [2.75, 3.05) is 13.1 Å². The van der Waals surface area contributed by atoms with Crippen LogP contribution in [0.1, 0.15) is 68.6 Å². The highest BCUT2D eigenvalue weighted by Gasteiger charge is 2.45. The van der Waals surface area contributed by atoms with Crippen LogP contribution in [0.25, 0.3) is 0 Å². The molecule has 5 atom stereocenters. The van der Waals surface area contributed by atoms with Gasteiger partial charge in [-0.05, 0) is 45.4 Å². The molecule has 2 heterocycles. The molecule has 1 unspecified atom stereocenters. The number of guanidine groups is 2. The Morgan fingerprint density at radius 3 is 2.13 bits per heavy atom. The topological polar surface area (TPSA) is 304 Å². The van der Waals surface area contributed by atoms with Gasteiger partial charge in [0.1, 0.15) is 18.1 Å². The van der Waals surface area contributed by atoms with Crippen LogP contribution in [0.15, 0.2) is 11.6 Å². The molecule has 1 fully saturated rings. The summed E-state index contributed by atoms with van der Waals surface area (Å²) in [5.74, 6) is -3.94. The van der Waals surface area contributed by atoms with E-state index in [0.717, 1.165) is 11.3 Å². The average molecular weight is 665 g/mol. The Bertz CT molecular complexity index is 1280. The van der Waals surface area contributed by atoms with Crippen molar-refractivity contribution < 1.29 is 28.8 Å². The summed E-state index contributed by atoms with van der Waals surface area (Å²) < 4.78 is 0. The van der Waals surface area contributed by atoms with Gasteiger partial charge in [0.15, 0.2) is 16.9 Å². The number of nitrogens with two attached hydrogens (primary N) is 3.